The van der Waals surface area contributed by atoms with E-state index >= 15 is 0 Å². The van der Waals surface area contributed by atoms with Crippen LogP contribution in [0, 0.1) is 0 Å². The van der Waals surface area contributed by atoms with Crippen molar-refractivity contribution in [2.24, 2.45) is 5.73 Å². The standard InChI is InChI=1S/C4H11NO.C4H5O2/c1-3-6-4(2)5;1-3(2)4(5)6/h4H,3,5H2,1-2H3;1H2,2H3. The fraction of sp³-hybridized carbons (Fsp3) is 0.625. The molecular formula is C8H16NO3. The molecule has 0 bridgehead atoms. The van der Waals surface area contributed by atoms with Crippen LogP contribution in [0.4, 0.5) is 0 Å². The summed E-state index contributed by atoms with van der Waals surface area (Å²) in [6.45, 7) is 8.91. The van der Waals surface area contributed by atoms with Crippen LogP contribution in [0.3, 0.4) is 0 Å². The van der Waals surface area contributed by atoms with E-state index in [1.807, 2.05) is 13.8 Å². The molecule has 0 aromatic rings. The third kappa shape index (κ3) is 16.1. The highest BCUT2D eigenvalue weighted by molar-refractivity contribution is 5.84. The number of nitrogens with two attached hydrogens (primary N) is 1. The number of ether oxygens (including phenoxy) is 1. The number of hydrogen-bond donors (Lipinski definition) is 1. The minimum absolute atomic E-state index is 0.0648. The highest BCUT2D eigenvalue weighted by Crippen LogP contribution is 1.82. The first-order valence-corrected chi connectivity index (χ1v) is 3.65. The predicted octanol–water partition coefficient (Wildman–Crippen LogP) is 0.847. The third-order valence-electron chi connectivity index (χ3n) is 0.778. The summed E-state index contributed by atoms with van der Waals surface area (Å²) in [5, 5.41) is 9.49. The first kappa shape index (κ1) is 13.7. The van der Waals surface area contributed by atoms with Gasteiger partial charge >= 0.3 is 5.97 Å². The van der Waals surface area contributed by atoms with Crippen molar-refractivity contribution < 1.29 is 14.6 Å². The Bertz CT molecular complexity index is 131. The molecule has 0 heterocycles. The zero-order valence-corrected chi connectivity index (χ0v) is 7.79. The highest BCUT2D eigenvalue weighted by atomic mass is 16.5. The van der Waals surface area contributed by atoms with Gasteiger partial charge in [-0.15, -0.1) is 0 Å². The van der Waals surface area contributed by atoms with Crippen LogP contribution in [-0.4, -0.2) is 18.8 Å². The molecule has 0 aliphatic heterocycles. The zero-order valence-electron chi connectivity index (χ0n) is 7.79. The van der Waals surface area contributed by atoms with Gasteiger partial charge < -0.3 is 10.5 Å². The van der Waals surface area contributed by atoms with Crippen molar-refractivity contribution in [1.29, 1.82) is 0 Å². The van der Waals surface area contributed by atoms with Gasteiger partial charge in [0.2, 0.25) is 0 Å². The Balaban J connectivity index is 0. The molecule has 0 aliphatic rings. The summed E-state index contributed by atoms with van der Waals surface area (Å²) >= 11 is 0. The molecule has 0 aromatic carbocycles. The second-order valence-corrected chi connectivity index (χ2v) is 2.23. The van der Waals surface area contributed by atoms with Crippen molar-refractivity contribution >= 4 is 5.97 Å². The first-order valence-electron chi connectivity index (χ1n) is 3.65. The summed E-state index contributed by atoms with van der Waals surface area (Å²) in [4.78, 5) is 9.49. The number of rotatable bonds is 3. The molecule has 0 saturated heterocycles. The molecule has 4 heteroatoms. The normalized spacial score (nSPS) is 11.0. The van der Waals surface area contributed by atoms with E-state index in [1.165, 1.54) is 6.92 Å². The number of carbonyl (C=O) groups is 1. The second-order valence-electron chi connectivity index (χ2n) is 2.23. The molecule has 4 nitrogen and oxygen atoms in total. The maximum absolute atomic E-state index is 9.49. The molecule has 1 atom stereocenters. The van der Waals surface area contributed by atoms with Gasteiger partial charge in [-0.3, -0.25) is 0 Å². The SMILES string of the molecule is C=C(C)C([O])=O.CCOC(C)N. The van der Waals surface area contributed by atoms with Crippen LogP contribution >= 0.6 is 0 Å². The van der Waals surface area contributed by atoms with Crippen molar-refractivity contribution in [3.8, 4) is 0 Å². The van der Waals surface area contributed by atoms with Gasteiger partial charge in [-0.25, -0.2) is 9.90 Å². The molecule has 0 aromatic heterocycles. The van der Waals surface area contributed by atoms with E-state index in [4.69, 9.17) is 10.5 Å². The van der Waals surface area contributed by atoms with E-state index in [0.717, 1.165) is 0 Å². The minimum Gasteiger partial charge on any atom is -0.364 e. The summed E-state index contributed by atoms with van der Waals surface area (Å²) in [6.07, 6.45) is -0.102. The highest BCUT2D eigenvalue weighted by Gasteiger charge is 1.94. The lowest BCUT2D eigenvalue weighted by molar-refractivity contribution is -0.138. The van der Waals surface area contributed by atoms with Crippen molar-refractivity contribution in [2.75, 3.05) is 6.61 Å². The Morgan fingerprint density at radius 1 is 1.67 bits per heavy atom. The smallest absolute Gasteiger partial charge is 0.364 e. The van der Waals surface area contributed by atoms with E-state index in [-0.39, 0.29) is 11.8 Å². The molecule has 0 saturated carbocycles. The molecule has 1 radical (unpaired) electrons. The Morgan fingerprint density at radius 2 is 2.00 bits per heavy atom. The summed E-state index contributed by atoms with van der Waals surface area (Å²) in [7, 11) is 0. The first-order chi connectivity index (χ1) is 5.41. The fourth-order valence-corrected chi connectivity index (χ4v) is 0.263. The van der Waals surface area contributed by atoms with Gasteiger partial charge in [0.15, 0.2) is 0 Å². The molecule has 0 rings (SSSR count). The molecule has 0 spiro atoms. The minimum atomic E-state index is -1.19. The van der Waals surface area contributed by atoms with Crippen LogP contribution in [0.5, 0.6) is 0 Å². The Morgan fingerprint density at radius 3 is 2.00 bits per heavy atom. The quantitative estimate of drug-likeness (QED) is 0.509. The summed E-state index contributed by atoms with van der Waals surface area (Å²) in [5.74, 6) is -1.19. The van der Waals surface area contributed by atoms with Gasteiger partial charge in [0.05, 0.1) is 0 Å². The van der Waals surface area contributed by atoms with Crippen LogP contribution in [0.2, 0.25) is 0 Å². The van der Waals surface area contributed by atoms with E-state index in [0.29, 0.717) is 6.61 Å². The Labute approximate surface area is 73.0 Å². The third-order valence-corrected chi connectivity index (χ3v) is 0.778. The van der Waals surface area contributed by atoms with Crippen molar-refractivity contribution in [2.45, 2.75) is 27.0 Å². The average Bonchev–Trinajstić information content (AvgIpc) is 1.87. The summed E-state index contributed by atoms with van der Waals surface area (Å²) < 4.78 is 4.82. The van der Waals surface area contributed by atoms with E-state index in [1.54, 1.807) is 0 Å². The van der Waals surface area contributed by atoms with Gasteiger partial charge in [0, 0.05) is 12.2 Å². The van der Waals surface area contributed by atoms with Crippen LogP contribution in [-0.2, 0) is 14.6 Å². The molecule has 71 valence electrons. The molecule has 0 aliphatic carbocycles. The van der Waals surface area contributed by atoms with Gasteiger partial charge in [-0.05, 0) is 20.8 Å². The lowest BCUT2D eigenvalue weighted by Crippen LogP contribution is -2.18. The van der Waals surface area contributed by atoms with Crippen molar-refractivity contribution in [1.82, 2.24) is 0 Å². The average molecular weight is 174 g/mol. The summed E-state index contributed by atoms with van der Waals surface area (Å²) in [5.41, 5.74) is 5.25. The van der Waals surface area contributed by atoms with E-state index in [9.17, 15) is 9.90 Å². The topological polar surface area (TPSA) is 72.2 Å². The fourth-order valence-electron chi connectivity index (χ4n) is 0.263. The van der Waals surface area contributed by atoms with Crippen LogP contribution in [0.1, 0.15) is 20.8 Å². The van der Waals surface area contributed by atoms with Crippen molar-refractivity contribution in [3.63, 3.8) is 0 Å². The zero-order chi connectivity index (χ0) is 10.1. The van der Waals surface area contributed by atoms with Gasteiger partial charge in [0.1, 0.15) is 6.23 Å². The van der Waals surface area contributed by atoms with Crippen LogP contribution in [0.15, 0.2) is 12.2 Å². The predicted molar refractivity (Wildman–Crippen MR) is 45.8 cm³/mol. The van der Waals surface area contributed by atoms with Gasteiger partial charge in [-0.1, -0.05) is 6.58 Å². The second kappa shape index (κ2) is 8.23. The maximum Gasteiger partial charge on any atom is 0.381 e. The molecule has 0 fully saturated rings. The lowest BCUT2D eigenvalue weighted by Gasteiger charge is -2.00. The molecular weight excluding hydrogens is 158 g/mol. The number of hydrogen-bond acceptors (Lipinski definition) is 3. The van der Waals surface area contributed by atoms with Gasteiger partial charge in [-0.2, -0.15) is 0 Å². The monoisotopic (exact) mass is 174 g/mol. The molecule has 0 amide bonds. The summed E-state index contributed by atoms with van der Waals surface area (Å²) in [6, 6.07) is 0. The molecule has 12 heavy (non-hydrogen) atoms. The Kier molecular flexibility index (Phi) is 9.40. The van der Waals surface area contributed by atoms with Crippen molar-refractivity contribution in [3.05, 3.63) is 12.2 Å². The molecule has 1 unspecified atom stereocenters. The lowest BCUT2D eigenvalue weighted by atomic mass is 10.4. The van der Waals surface area contributed by atoms with E-state index < -0.39 is 5.97 Å². The van der Waals surface area contributed by atoms with E-state index in [2.05, 4.69) is 6.58 Å². The van der Waals surface area contributed by atoms with Crippen LogP contribution < -0.4 is 5.73 Å². The largest absolute Gasteiger partial charge is 0.381 e. The Hall–Kier alpha value is -0.870. The van der Waals surface area contributed by atoms with Gasteiger partial charge in [0.25, 0.3) is 0 Å². The maximum atomic E-state index is 9.49. The molecule has 2 N–H and O–H groups in total. The number of carbonyl (C=O) groups excluding carboxylic acids is 1. The van der Waals surface area contributed by atoms with Crippen LogP contribution in [0.25, 0.3) is 0 Å².